The maximum Gasteiger partial charge on any atom is 0.0270 e. The van der Waals surface area contributed by atoms with E-state index in [1.165, 1.54) is 28.9 Å². The van der Waals surface area contributed by atoms with E-state index in [1.54, 1.807) is 0 Å². The van der Waals surface area contributed by atoms with Crippen LogP contribution in [0.25, 0.3) is 0 Å². The molecule has 1 N–H and O–H groups in total. The molecule has 1 aliphatic rings. The van der Waals surface area contributed by atoms with Crippen molar-refractivity contribution in [1.82, 2.24) is 10.3 Å². The van der Waals surface area contributed by atoms with Crippen LogP contribution >= 0.6 is 11.8 Å². The van der Waals surface area contributed by atoms with Gasteiger partial charge in [-0.2, -0.15) is 0 Å². The quantitative estimate of drug-likeness (QED) is 0.785. The number of nitrogens with zero attached hydrogens (tertiary/aromatic N) is 1. The van der Waals surface area contributed by atoms with E-state index < -0.39 is 0 Å². The first-order valence-corrected chi connectivity index (χ1v) is 8.23. The maximum absolute atomic E-state index is 4.04. The molecule has 2 aromatic rings. The number of benzene rings is 1. The Bertz CT molecular complexity index is 520. The van der Waals surface area contributed by atoms with E-state index in [4.69, 9.17) is 0 Å². The van der Waals surface area contributed by atoms with Crippen molar-refractivity contribution >= 4 is 11.8 Å². The molecule has 0 saturated heterocycles. The summed E-state index contributed by atoms with van der Waals surface area (Å²) in [6.45, 7) is 1.01. The summed E-state index contributed by atoms with van der Waals surface area (Å²) in [6.07, 6.45) is 7.52. The second kappa shape index (κ2) is 6.91. The highest BCUT2D eigenvalue weighted by atomic mass is 32.2. The molecule has 1 aromatic carbocycles. The molecule has 2 nitrogen and oxygen atoms in total. The van der Waals surface area contributed by atoms with Gasteiger partial charge in [0, 0.05) is 35.6 Å². The average molecular weight is 284 g/mol. The Kier molecular flexibility index (Phi) is 4.72. The van der Waals surface area contributed by atoms with Crippen LogP contribution in [0.15, 0.2) is 53.7 Å². The summed E-state index contributed by atoms with van der Waals surface area (Å²) in [5.74, 6) is 1.11. The number of hydrogen-bond donors (Lipinski definition) is 1. The van der Waals surface area contributed by atoms with E-state index in [9.17, 15) is 0 Å². The number of nitrogens with one attached hydrogen (secondary N) is 1. The maximum atomic E-state index is 4.04. The fraction of sp³-hybridized carbons (Fsp3) is 0.353. The van der Waals surface area contributed by atoms with Crippen LogP contribution in [-0.2, 0) is 13.0 Å². The van der Waals surface area contributed by atoms with E-state index in [-0.39, 0.29) is 0 Å². The summed E-state index contributed by atoms with van der Waals surface area (Å²) in [7, 11) is 0. The van der Waals surface area contributed by atoms with Crippen LogP contribution in [0.2, 0.25) is 0 Å². The van der Waals surface area contributed by atoms with Gasteiger partial charge >= 0.3 is 0 Å². The average Bonchev–Trinajstić information content (AvgIpc) is 3.32. The summed E-state index contributed by atoms with van der Waals surface area (Å²) in [5.41, 5.74) is 2.74. The van der Waals surface area contributed by atoms with E-state index in [1.807, 2.05) is 24.2 Å². The van der Waals surface area contributed by atoms with Crippen LogP contribution in [0.5, 0.6) is 0 Å². The molecule has 0 atom stereocenters. The van der Waals surface area contributed by atoms with Crippen molar-refractivity contribution in [3.8, 4) is 0 Å². The van der Waals surface area contributed by atoms with Crippen LogP contribution in [0.1, 0.15) is 24.0 Å². The van der Waals surface area contributed by atoms with Crippen LogP contribution < -0.4 is 5.32 Å². The largest absolute Gasteiger partial charge is 0.310 e. The Balaban J connectivity index is 1.43. The lowest BCUT2D eigenvalue weighted by molar-refractivity contribution is 0.687. The smallest absolute Gasteiger partial charge is 0.0270 e. The monoisotopic (exact) mass is 284 g/mol. The van der Waals surface area contributed by atoms with E-state index >= 15 is 0 Å². The molecule has 3 rings (SSSR count). The van der Waals surface area contributed by atoms with Gasteiger partial charge in [-0.25, -0.2) is 0 Å². The molecule has 0 spiro atoms. The zero-order valence-corrected chi connectivity index (χ0v) is 12.4. The van der Waals surface area contributed by atoms with Gasteiger partial charge in [0.15, 0.2) is 0 Å². The summed E-state index contributed by atoms with van der Waals surface area (Å²) in [4.78, 5) is 5.40. The van der Waals surface area contributed by atoms with Gasteiger partial charge in [0.2, 0.25) is 0 Å². The van der Waals surface area contributed by atoms with Crippen molar-refractivity contribution in [3.63, 3.8) is 0 Å². The summed E-state index contributed by atoms with van der Waals surface area (Å²) < 4.78 is 0. The first-order valence-electron chi connectivity index (χ1n) is 7.24. The first kappa shape index (κ1) is 13.7. The molecule has 0 radical (unpaired) electrons. The van der Waals surface area contributed by atoms with Gasteiger partial charge in [-0.15, -0.1) is 11.8 Å². The number of hydrogen-bond acceptors (Lipinski definition) is 3. The fourth-order valence-electron chi connectivity index (χ4n) is 2.09. The Labute approximate surface area is 125 Å². The Morgan fingerprint density at radius 2 is 1.75 bits per heavy atom. The van der Waals surface area contributed by atoms with Gasteiger partial charge in [0.25, 0.3) is 0 Å². The van der Waals surface area contributed by atoms with Crippen molar-refractivity contribution in [2.45, 2.75) is 36.7 Å². The zero-order valence-electron chi connectivity index (χ0n) is 11.6. The van der Waals surface area contributed by atoms with Crippen molar-refractivity contribution in [3.05, 3.63) is 59.9 Å². The normalized spacial score (nSPS) is 14.4. The molecular formula is C17H20N2S. The molecule has 3 heteroatoms. The molecule has 1 aliphatic carbocycles. The molecule has 1 heterocycles. The van der Waals surface area contributed by atoms with Gasteiger partial charge < -0.3 is 5.32 Å². The number of thioether (sulfide) groups is 1. The van der Waals surface area contributed by atoms with Crippen LogP contribution in [-0.4, -0.2) is 16.8 Å². The standard InChI is InChI=1S/C17H20N2S/c1-5-17(6-2-15(1)13-19-16-3-4-16)20-12-9-14-7-10-18-11-8-14/h1-2,5-8,10-11,16,19H,3-4,9,12-13H2. The Morgan fingerprint density at radius 3 is 2.45 bits per heavy atom. The second-order valence-electron chi connectivity index (χ2n) is 5.25. The van der Waals surface area contributed by atoms with Crippen molar-refractivity contribution < 1.29 is 0 Å². The minimum atomic E-state index is 0.782. The highest BCUT2D eigenvalue weighted by Crippen LogP contribution is 2.21. The third-order valence-electron chi connectivity index (χ3n) is 3.50. The molecule has 1 saturated carbocycles. The third-order valence-corrected chi connectivity index (χ3v) is 4.52. The topological polar surface area (TPSA) is 24.9 Å². The highest BCUT2D eigenvalue weighted by Gasteiger charge is 2.19. The fourth-order valence-corrected chi connectivity index (χ4v) is 2.99. The molecule has 1 fully saturated rings. The SMILES string of the molecule is c1cc(CCSc2ccc(CNC3CC3)cc2)ccn1. The molecule has 0 bridgehead atoms. The first-order chi connectivity index (χ1) is 9.90. The van der Waals surface area contributed by atoms with Crippen molar-refractivity contribution in [1.29, 1.82) is 0 Å². The predicted molar refractivity (Wildman–Crippen MR) is 85.0 cm³/mol. The zero-order chi connectivity index (χ0) is 13.6. The van der Waals surface area contributed by atoms with E-state index in [2.05, 4.69) is 46.7 Å². The number of rotatable bonds is 7. The molecular weight excluding hydrogens is 264 g/mol. The number of pyridine rings is 1. The minimum Gasteiger partial charge on any atom is -0.310 e. The number of aryl methyl sites for hydroxylation is 1. The van der Waals surface area contributed by atoms with E-state index in [0.29, 0.717) is 0 Å². The van der Waals surface area contributed by atoms with Gasteiger partial charge in [-0.1, -0.05) is 12.1 Å². The molecule has 0 aliphatic heterocycles. The lowest BCUT2D eigenvalue weighted by atomic mass is 10.2. The van der Waals surface area contributed by atoms with Gasteiger partial charge in [-0.3, -0.25) is 4.98 Å². The minimum absolute atomic E-state index is 0.782. The van der Waals surface area contributed by atoms with Crippen molar-refractivity contribution in [2.75, 3.05) is 5.75 Å². The van der Waals surface area contributed by atoms with Gasteiger partial charge in [-0.05, 0) is 54.7 Å². The number of aromatic nitrogens is 1. The Hall–Kier alpha value is -1.32. The van der Waals surface area contributed by atoms with Crippen LogP contribution in [0.3, 0.4) is 0 Å². The molecule has 0 unspecified atom stereocenters. The summed E-state index contributed by atoms with van der Waals surface area (Å²) in [6, 6.07) is 13.9. The molecule has 104 valence electrons. The summed E-state index contributed by atoms with van der Waals surface area (Å²) in [5, 5.41) is 3.54. The summed E-state index contributed by atoms with van der Waals surface area (Å²) >= 11 is 1.92. The Morgan fingerprint density at radius 1 is 1.00 bits per heavy atom. The highest BCUT2D eigenvalue weighted by molar-refractivity contribution is 7.99. The molecule has 20 heavy (non-hydrogen) atoms. The van der Waals surface area contributed by atoms with Crippen LogP contribution in [0, 0.1) is 0 Å². The van der Waals surface area contributed by atoms with Gasteiger partial charge in [0.05, 0.1) is 0 Å². The third kappa shape index (κ3) is 4.36. The molecule has 0 amide bonds. The lowest BCUT2D eigenvalue weighted by Crippen LogP contribution is -2.14. The van der Waals surface area contributed by atoms with Crippen molar-refractivity contribution in [2.24, 2.45) is 0 Å². The molecule has 1 aromatic heterocycles. The second-order valence-corrected chi connectivity index (χ2v) is 6.42. The predicted octanol–water partition coefficient (Wildman–Crippen LogP) is 3.67. The van der Waals surface area contributed by atoms with Crippen LogP contribution in [0.4, 0.5) is 0 Å². The lowest BCUT2D eigenvalue weighted by Gasteiger charge is -2.05. The van der Waals surface area contributed by atoms with E-state index in [0.717, 1.165) is 24.8 Å². The van der Waals surface area contributed by atoms with Gasteiger partial charge in [0.1, 0.15) is 0 Å².